The summed E-state index contributed by atoms with van der Waals surface area (Å²) < 4.78 is 0. The van der Waals surface area contributed by atoms with Gasteiger partial charge in [-0.3, -0.25) is 9.59 Å². The Labute approximate surface area is 154 Å². The van der Waals surface area contributed by atoms with Crippen LogP contribution in [0.3, 0.4) is 0 Å². The molecule has 26 heavy (non-hydrogen) atoms. The first-order valence-corrected chi connectivity index (χ1v) is 8.44. The van der Waals surface area contributed by atoms with Crippen LogP contribution in [0.5, 0.6) is 0 Å². The number of aliphatic hydroxyl groups excluding tert-OH is 1. The molecule has 0 bridgehead atoms. The summed E-state index contributed by atoms with van der Waals surface area (Å²) in [6, 6.07) is 16.6. The quantitative estimate of drug-likeness (QED) is 0.620. The molecule has 3 N–H and O–H groups in total. The van der Waals surface area contributed by atoms with Crippen LogP contribution in [-0.4, -0.2) is 28.8 Å². The molecule has 0 amide bonds. The largest absolute Gasteiger partial charge is 0.389 e. The van der Waals surface area contributed by atoms with Gasteiger partial charge in [0, 0.05) is 34.6 Å². The highest BCUT2D eigenvalue weighted by Gasteiger charge is 2.33. The molecule has 0 fully saturated rings. The number of ketones is 2. The van der Waals surface area contributed by atoms with Gasteiger partial charge in [0.05, 0.1) is 0 Å². The Balaban J connectivity index is 2.11. The van der Waals surface area contributed by atoms with Gasteiger partial charge in [0.2, 0.25) is 0 Å². The second-order valence-corrected chi connectivity index (χ2v) is 6.82. The molecular weight excluding hydrogens is 326 g/mol. The molecule has 4 nitrogen and oxygen atoms in total. The van der Waals surface area contributed by atoms with E-state index in [9.17, 15) is 9.59 Å². The zero-order chi connectivity index (χ0) is 19.2. The number of nitrogens with two attached hydrogens (primary N) is 1. The Morgan fingerprint density at radius 1 is 1.00 bits per heavy atom. The maximum Gasteiger partial charge on any atom is 0.163 e. The smallest absolute Gasteiger partial charge is 0.163 e. The fraction of sp³-hybridized carbons (Fsp3) is 0.273. The molecule has 0 radical (unpaired) electrons. The van der Waals surface area contributed by atoms with Crippen molar-refractivity contribution in [1.29, 1.82) is 0 Å². The van der Waals surface area contributed by atoms with Crippen LogP contribution in [0.4, 0.5) is 0 Å². The highest BCUT2D eigenvalue weighted by atomic mass is 16.3. The summed E-state index contributed by atoms with van der Waals surface area (Å²) in [7, 11) is 0. The summed E-state index contributed by atoms with van der Waals surface area (Å²) in [5, 5.41) is 9.11. The lowest BCUT2D eigenvalue weighted by molar-refractivity contribution is -0.127. The van der Waals surface area contributed by atoms with Gasteiger partial charge in [-0.05, 0) is 38.1 Å². The molecule has 1 atom stereocenters. The van der Waals surface area contributed by atoms with Gasteiger partial charge in [0.1, 0.15) is 6.61 Å². The normalized spacial score (nSPS) is 12.0. The molecule has 2 aromatic carbocycles. The molecule has 0 heterocycles. The molecule has 0 aliphatic rings. The van der Waals surface area contributed by atoms with Crippen molar-refractivity contribution >= 4 is 11.6 Å². The van der Waals surface area contributed by atoms with Gasteiger partial charge in [-0.15, -0.1) is 0 Å². The maximum atomic E-state index is 12.5. The van der Waals surface area contributed by atoms with E-state index >= 15 is 0 Å². The third kappa shape index (κ3) is 5.38. The summed E-state index contributed by atoms with van der Waals surface area (Å²) in [4.78, 5) is 24.4. The van der Waals surface area contributed by atoms with Crippen LogP contribution in [0.2, 0.25) is 0 Å². The van der Waals surface area contributed by atoms with E-state index in [1.807, 2.05) is 30.3 Å². The first-order valence-electron chi connectivity index (χ1n) is 8.44. The predicted molar refractivity (Wildman–Crippen MR) is 102 cm³/mol. The number of carbonyl (C=O) groups is 2. The van der Waals surface area contributed by atoms with Gasteiger partial charge in [-0.2, -0.15) is 0 Å². The van der Waals surface area contributed by atoms with Crippen LogP contribution in [0, 0.1) is 17.8 Å². The van der Waals surface area contributed by atoms with Crippen molar-refractivity contribution in [1.82, 2.24) is 0 Å². The lowest BCUT2D eigenvalue weighted by Crippen LogP contribution is -2.46. The molecule has 0 aliphatic carbocycles. The highest BCUT2D eigenvalue weighted by molar-refractivity contribution is 5.99. The van der Waals surface area contributed by atoms with E-state index in [0.717, 1.165) is 11.1 Å². The van der Waals surface area contributed by atoms with E-state index in [4.69, 9.17) is 10.8 Å². The average molecular weight is 349 g/mol. The standard InChI is InChI=1S/C22H23NO3/c1-22(2,23)19(21(26)15-24)14-20(25)18-12-10-17(11-13-18)9-8-16-6-4-3-5-7-16/h3-7,10-13,19,24H,14-15,23H2,1-2H3/t19-/m1/s1. The monoisotopic (exact) mass is 349 g/mol. The molecule has 134 valence electrons. The summed E-state index contributed by atoms with van der Waals surface area (Å²) in [6.45, 7) is 2.74. The van der Waals surface area contributed by atoms with Gasteiger partial charge in [0.15, 0.2) is 11.6 Å². The highest BCUT2D eigenvalue weighted by Crippen LogP contribution is 2.21. The zero-order valence-corrected chi connectivity index (χ0v) is 15.0. The lowest BCUT2D eigenvalue weighted by Gasteiger charge is -2.28. The first-order chi connectivity index (χ1) is 12.3. The molecule has 0 unspecified atom stereocenters. The predicted octanol–water partition coefficient (Wildman–Crippen LogP) is 2.57. The number of Topliss-reactive ketones (excluding diaryl/α,β-unsaturated/α-hetero) is 2. The molecule has 0 spiro atoms. The van der Waals surface area contributed by atoms with Gasteiger partial charge in [-0.25, -0.2) is 0 Å². The third-order valence-corrected chi connectivity index (χ3v) is 4.16. The van der Waals surface area contributed by atoms with Gasteiger partial charge in [0.25, 0.3) is 0 Å². The van der Waals surface area contributed by atoms with Crippen molar-refractivity contribution < 1.29 is 14.7 Å². The fourth-order valence-electron chi connectivity index (χ4n) is 2.61. The minimum absolute atomic E-state index is 0.0298. The van der Waals surface area contributed by atoms with E-state index < -0.39 is 23.8 Å². The van der Waals surface area contributed by atoms with Crippen molar-refractivity contribution in [3.63, 3.8) is 0 Å². The minimum atomic E-state index is -0.878. The van der Waals surface area contributed by atoms with E-state index in [1.165, 1.54) is 0 Å². The van der Waals surface area contributed by atoms with Crippen LogP contribution in [-0.2, 0) is 4.79 Å². The van der Waals surface area contributed by atoms with E-state index in [1.54, 1.807) is 38.1 Å². The number of aliphatic hydroxyl groups is 1. The molecule has 0 saturated heterocycles. The number of hydrogen-bond acceptors (Lipinski definition) is 4. The summed E-state index contributed by atoms with van der Waals surface area (Å²) in [6.07, 6.45) is -0.0298. The van der Waals surface area contributed by atoms with Crippen LogP contribution >= 0.6 is 0 Å². The molecule has 0 aliphatic heterocycles. The third-order valence-electron chi connectivity index (χ3n) is 4.16. The summed E-state index contributed by atoms with van der Waals surface area (Å²) in [5.74, 6) is 4.78. The Morgan fingerprint density at radius 2 is 1.54 bits per heavy atom. The number of benzene rings is 2. The number of hydrogen-bond donors (Lipinski definition) is 2. The molecule has 4 heteroatoms. The summed E-state index contributed by atoms with van der Waals surface area (Å²) >= 11 is 0. The Morgan fingerprint density at radius 3 is 2.04 bits per heavy atom. The number of rotatable bonds is 6. The van der Waals surface area contributed by atoms with Crippen molar-refractivity contribution in [2.45, 2.75) is 25.8 Å². The lowest BCUT2D eigenvalue weighted by atomic mass is 9.80. The molecular formula is C22H23NO3. The molecule has 0 saturated carbocycles. The second-order valence-electron chi connectivity index (χ2n) is 6.82. The SMILES string of the molecule is CC(C)(N)[C@H](CC(=O)c1ccc(C#Cc2ccccc2)cc1)C(=O)CO. The van der Waals surface area contributed by atoms with Crippen LogP contribution in [0.25, 0.3) is 0 Å². The average Bonchev–Trinajstić information content (AvgIpc) is 2.64. The van der Waals surface area contributed by atoms with Crippen LogP contribution < -0.4 is 5.73 Å². The van der Waals surface area contributed by atoms with Crippen molar-refractivity contribution in [2.24, 2.45) is 11.7 Å². The summed E-state index contributed by atoms with van der Waals surface area (Å²) in [5.41, 5.74) is 7.33. The zero-order valence-electron chi connectivity index (χ0n) is 15.0. The van der Waals surface area contributed by atoms with Crippen LogP contribution in [0.15, 0.2) is 54.6 Å². The Hall–Kier alpha value is -2.74. The topological polar surface area (TPSA) is 80.4 Å². The van der Waals surface area contributed by atoms with Crippen molar-refractivity contribution in [3.05, 3.63) is 71.3 Å². The fourth-order valence-corrected chi connectivity index (χ4v) is 2.61. The maximum absolute atomic E-state index is 12.5. The van der Waals surface area contributed by atoms with Gasteiger partial charge < -0.3 is 10.8 Å². The minimum Gasteiger partial charge on any atom is -0.389 e. The Kier molecular flexibility index (Phi) is 6.46. The first kappa shape index (κ1) is 19.6. The number of carbonyl (C=O) groups excluding carboxylic acids is 2. The second kappa shape index (κ2) is 8.57. The molecule has 0 aromatic heterocycles. The molecule has 2 aromatic rings. The van der Waals surface area contributed by atoms with Gasteiger partial charge in [-0.1, -0.05) is 42.2 Å². The molecule has 2 rings (SSSR count). The van der Waals surface area contributed by atoms with Crippen LogP contribution in [0.1, 0.15) is 41.8 Å². The van der Waals surface area contributed by atoms with Crippen molar-refractivity contribution in [3.8, 4) is 11.8 Å². The van der Waals surface area contributed by atoms with E-state index in [-0.39, 0.29) is 12.2 Å². The van der Waals surface area contributed by atoms with Gasteiger partial charge >= 0.3 is 0 Å². The van der Waals surface area contributed by atoms with E-state index in [2.05, 4.69) is 11.8 Å². The van der Waals surface area contributed by atoms with E-state index in [0.29, 0.717) is 5.56 Å². The Bertz CT molecular complexity index is 822. The van der Waals surface area contributed by atoms with Crippen molar-refractivity contribution in [2.75, 3.05) is 6.61 Å².